The highest BCUT2D eigenvalue weighted by molar-refractivity contribution is 5.87. The molecule has 0 spiro atoms. The van der Waals surface area contributed by atoms with Gasteiger partial charge in [0.2, 0.25) is 5.91 Å². The van der Waals surface area contributed by atoms with E-state index in [-0.39, 0.29) is 0 Å². The molecule has 3 aliphatic rings. The van der Waals surface area contributed by atoms with Crippen molar-refractivity contribution in [1.82, 2.24) is 5.32 Å². The Balaban J connectivity index is 1.95. The first-order valence-corrected chi connectivity index (χ1v) is 4.16. The standard InChI is InChI=1S/C8H11NO/c10-8-6-4-1-2-5(3-4)7(6)9-8/h4-7H,1-3H2,(H,9,10)/t4-,5-,6+,7+/m1/s1. The fourth-order valence-corrected chi connectivity index (χ4v) is 3.04. The SMILES string of the molecule is O=C1N[C@H]2[C@@H]3CC[C@H](C3)[C@H]12. The van der Waals surface area contributed by atoms with Crippen LogP contribution in [0.4, 0.5) is 0 Å². The maximum absolute atomic E-state index is 11.0. The summed E-state index contributed by atoms with van der Waals surface area (Å²) in [7, 11) is 0. The molecule has 0 unspecified atom stereocenters. The Morgan fingerprint density at radius 2 is 2.10 bits per heavy atom. The van der Waals surface area contributed by atoms with Crippen LogP contribution in [-0.2, 0) is 4.79 Å². The Bertz CT molecular complexity index is 199. The Hall–Kier alpha value is -0.530. The van der Waals surface area contributed by atoms with Crippen LogP contribution in [0.5, 0.6) is 0 Å². The fraction of sp³-hybridized carbons (Fsp3) is 0.875. The molecule has 0 aromatic carbocycles. The van der Waals surface area contributed by atoms with Crippen LogP contribution in [-0.4, -0.2) is 11.9 Å². The third kappa shape index (κ3) is 0.386. The average Bonchev–Trinajstić information content (AvgIpc) is 2.40. The highest BCUT2D eigenvalue weighted by atomic mass is 16.2. The Kier molecular flexibility index (Phi) is 0.715. The van der Waals surface area contributed by atoms with E-state index in [1.807, 2.05) is 0 Å². The van der Waals surface area contributed by atoms with Gasteiger partial charge in [-0.2, -0.15) is 0 Å². The summed E-state index contributed by atoms with van der Waals surface area (Å²) in [5.41, 5.74) is 0. The van der Waals surface area contributed by atoms with Crippen molar-refractivity contribution in [2.24, 2.45) is 17.8 Å². The minimum atomic E-state index is 0.331. The molecule has 0 aromatic heterocycles. The summed E-state index contributed by atoms with van der Waals surface area (Å²) in [5.74, 6) is 2.40. The number of β-lactam (4-membered cyclic amide) rings is 1. The second kappa shape index (κ2) is 1.39. The normalized spacial score (nSPS) is 55.8. The zero-order chi connectivity index (χ0) is 6.72. The Morgan fingerprint density at radius 3 is 2.70 bits per heavy atom. The third-order valence-corrected chi connectivity index (χ3v) is 3.53. The lowest BCUT2D eigenvalue weighted by Crippen LogP contribution is -2.60. The van der Waals surface area contributed by atoms with E-state index in [0.29, 0.717) is 17.9 Å². The second-order valence-electron chi connectivity index (χ2n) is 3.89. The molecule has 1 saturated heterocycles. The van der Waals surface area contributed by atoms with Gasteiger partial charge in [-0.1, -0.05) is 0 Å². The van der Waals surface area contributed by atoms with E-state index in [1.165, 1.54) is 19.3 Å². The molecule has 2 bridgehead atoms. The molecule has 10 heavy (non-hydrogen) atoms. The van der Waals surface area contributed by atoms with Gasteiger partial charge in [0, 0.05) is 6.04 Å². The number of nitrogens with one attached hydrogen (secondary N) is 1. The fourth-order valence-electron chi connectivity index (χ4n) is 3.04. The molecule has 1 aliphatic heterocycles. The lowest BCUT2D eigenvalue weighted by atomic mass is 9.78. The smallest absolute Gasteiger partial charge is 0.225 e. The molecule has 2 saturated carbocycles. The van der Waals surface area contributed by atoms with Gasteiger partial charge in [0.25, 0.3) is 0 Å². The van der Waals surface area contributed by atoms with Crippen LogP contribution in [0, 0.1) is 17.8 Å². The molecule has 1 heterocycles. The van der Waals surface area contributed by atoms with Crippen LogP contribution in [0.25, 0.3) is 0 Å². The maximum atomic E-state index is 11.0. The number of hydrogen-bond donors (Lipinski definition) is 1. The van der Waals surface area contributed by atoms with Crippen molar-refractivity contribution in [1.29, 1.82) is 0 Å². The molecule has 0 aromatic rings. The summed E-state index contributed by atoms with van der Waals surface area (Å²) < 4.78 is 0. The predicted molar refractivity (Wildman–Crippen MR) is 36.3 cm³/mol. The molecular formula is C8H11NO. The average molecular weight is 137 g/mol. The molecule has 2 aliphatic carbocycles. The minimum absolute atomic E-state index is 0.331. The number of fused-ring (bicyclic) bond motifs is 5. The summed E-state index contributed by atoms with van der Waals surface area (Å²) in [4.78, 5) is 11.0. The van der Waals surface area contributed by atoms with Gasteiger partial charge in [0.1, 0.15) is 0 Å². The van der Waals surface area contributed by atoms with Crippen LogP contribution >= 0.6 is 0 Å². The lowest BCUT2D eigenvalue weighted by molar-refractivity contribution is -0.137. The van der Waals surface area contributed by atoms with Crippen molar-refractivity contribution in [3.63, 3.8) is 0 Å². The Morgan fingerprint density at radius 1 is 1.30 bits per heavy atom. The monoisotopic (exact) mass is 137 g/mol. The summed E-state index contributed by atoms with van der Waals surface area (Å²) >= 11 is 0. The molecule has 1 amide bonds. The number of rotatable bonds is 0. The maximum Gasteiger partial charge on any atom is 0.225 e. The zero-order valence-electron chi connectivity index (χ0n) is 5.84. The van der Waals surface area contributed by atoms with E-state index in [9.17, 15) is 4.79 Å². The number of carbonyl (C=O) groups excluding carboxylic acids is 1. The van der Waals surface area contributed by atoms with Gasteiger partial charge in [-0.15, -0.1) is 0 Å². The van der Waals surface area contributed by atoms with Gasteiger partial charge in [-0.25, -0.2) is 0 Å². The summed E-state index contributed by atoms with van der Waals surface area (Å²) in [6, 6.07) is 0.603. The number of amides is 1. The van der Waals surface area contributed by atoms with Crippen LogP contribution in [0.3, 0.4) is 0 Å². The van der Waals surface area contributed by atoms with Crippen LogP contribution in [0.2, 0.25) is 0 Å². The van der Waals surface area contributed by atoms with E-state index in [1.54, 1.807) is 0 Å². The third-order valence-electron chi connectivity index (χ3n) is 3.53. The number of hydrogen-bond acceptors (Lipinski definition) is 1. The van der Waals surface area contributed by atoms with E-state index in [0.717, 1.165) is 11.8 Å². The molecule has 0 radical (unpaired) electrons. The van der Waals surface area contributed by atoms with Gasteiger partial charge < -0.3 is 5.32 Å². The van der Waals surface area contributed by atoms with E-state index in [2.05, 4.69) is 5.32 Å². The summed E-state index contributed by atoms with van der Waals surface area (Å²) in [6.45, 7) is 0. The molecule has 3 rings (SSSR count). The zero-order valence-corrected chi connectivity index (χ0v) is 5.84. The molecular weight excluding hydrogens is 126 g/mol. The van der Waals surface area contributed by atoms with E-state index in [4.69, 9.17) is 0 Å². The van der Waals surface area contributed by atoms with E-state index >= 15 is 0 Å². The predicted octanol–water partition coefficient (Wildman–Crippen LogP) is 0.531. The first kappa shape index (κ1) is 5.16. The first-order valence-electron chi connectivity index (χ1n) is 4.16. The topological polar surface area (TPSA) is 29.1 Å². The van der Waals surface area contributed by atoms with E-state index < -0.39 is 0 Å². The molecule has 1 N–H and O–H groups in total. The summed E-state index contributed by atoms with van der Waals surface area (Å²) in [5, 5.41) is 3.00. The summed E-state index contributed by atoms with van der Waals surface area (Å²) in [6.07, 6.45) is 4.01. The Labute approximate surface area is 60.0 Å². The second-order valence-corrected chi connectivity index (χ2v) is 3.89. The molecule has 2 heteroatoms. The lowest BCUT2D eigenvalue weighted by Gasteiger charge is -2.39. The molecule has 4 atom stereocenters. The number of carbonyl (C=O) groups is 1. The molecule has 2 nitrogen and oxygen atoms in total. The molecule has 3 fully saturated rings. The van der Waals surface area contributed by atoms with Gasteiger partial charge >= 0.3 is 0 Å². The van der Waals surface area contributed by atoms with Gasteiger partial charge in [-0.3, -0.25) is 4.79 Å². The van der Waals surface area contributed by atoms with Crippen molar-refractivity contribution in [2.45, 2.75) is 25.3 Å². The van der Waals surface area contributed by atoms with Gasteiger partial charge in [-0.05, 0) is 31.1 Å². The van der Waals surface area contributed by atoms with Crippen molar-refractivity contribution < 1.29 is 4.79 Å². The van der Waals surface area contributed by atoms with Crippen molar-refractivity contribution >= 4 is 5.91 Å². The minimum Gasteiger partial charge on any atom is -0.352 e. The van der Waals surface area contributed by atoms with Gasteiger partial charge in [0.05, 0.1) is 5.92 Å². The first-order chi connectivity index (χ1) is 4.86. The molecule has 54 valence electrons. The highest BCUT2D eigenvalue weighted by Gasteiger charge is 2.57. The van der Waals surface area contributed by atoms with Crippen molar-refractivity contribution in [3.05, 3.63) is 0 Å². The van der Waals surface area contributed by atoms with Gasteiger partial charge in [0.15, 0.2) is 0 Å². The van der Waals surface area contributed by atoms with Crippen LogP contribution < -0.4 is 5.32 Å². The quantitative estimate of drug-likeness (QED) is 0.485. The highest BCUT2D eigenvalue weighted by Crippen LogP contribution is 2.51. The van der Waals surface area contributed by atoms with Crippen molar-refractivity contribution in [3.8, 4) is 0 Å². The van der Waals surface area contributed by atoms with Crippen LogP contribution in [0.15, 0.2) is 0 Å². The van der Waals surface area contributed by atoms with Crippen LogP contribution in [0.1, 0.15) is 19.3 Å². The largest absolute Gasteiger partial charge is 0.352 e. The van der Waals surface area contributed by atoms with Crippen molar-refractivity contribution in [2.75, 3.05) is 0 Å².